The second-order valence-electron chi connectivity index (χ2n) is 6.53. The van der Waals surface area contributed by atoms with E-state index in [1.54, 1.807) is 6.08 Å². The Labute approximate surface area is 145 Å². The predicted octanol–water partition coefficient (Wildman–Crippen LogP) is 5.32. The number of hydrogen-bond donors (Lipinski definition) is 1. The average Bonchev–Trinajstić information content (AvgIpc) is 3.20. The first-order valence-corrected chi connectivity index (χ1v) is 9.16. The van der Waals surface area contributed by atoms with Gasteiger partial charge in [0.25, 0.3) is 0 Å². The molecule has 1 aromatic carbocycles. The lowest BCUT2D eigenvalue weighted by Gasteiger charge is -2.34. The highest BCUT2D eigenvalue weighted by Crippen LogP contribution is 2.53. The van der Waals surface area contributed by atoms with Gasteiger partial charge in [0.05, 0.1) is 6.07 Å². The number of allylic oxidation sites excluding steroid dienone is 2. The van der Waals surface area contributed by atoms with E-state index in [2.05, 4.69) is 35.7 Å². The van der Waals surface area contributed by atoms with Gasteiger partial charge in [-0.15, -0.1) is 11.3 Å². The van der Waals surface area contributed by atoms with Crippen molar-refractivity contribution in [3.8, 4) is 23.3 Å². The summed E-state index contributed by atoms with van der Waals surface area (Å²) in [5.41, 5.74) is 5.70. The summed E-state index contributed by atoms with van der Waals surface area (Å²) < 4.78 is 0. The average molecular weight is 331 g/mol. The Balaban J connectivity index is 1.83. The van der Waals surface area contributed by atoms with E-state index in [0.29, 0.717) is 0 Å². The molecule has 0 saturated heterocycles. The highest BCUT2D eigenvalue weighted by atomic mass is 32.1. The first-order valence-electron chi connectivity index (χ1n) is 8.28. The van der Waals surface area contributed by atoms with Crippen molar-refractivity contribution in [1.29, 1.82) is 10.5 Å². The maximum absolute atomic E-state index is 9.19. The summed E-state index contributed by atoms with van der Waals surface area (Å²) in [5, 5.41) is 23.8. The normalized spacial score (nSPS) is 19.5. The molecule has 1 saturated carbocycles. The molecule has 2 aromatic rings. The summed E-state index contributed by atoms with van der Waals surface area (Å²) in [6.07, 6.45) is 7.54. The van der Waals surface area contributed by atoms with E-state index in [1.165, 1.54) is 36.2 Å². The highest BCUT2D eigenvalue weighted by Gasteiger charge is 2.43. The van der Waals surface area contributed by atoms with Crippen molar-refractivity contribution in [2.45, 2.75) is 37.5 Å². The minimum atomic E-state index is -0.0343. The Kier molecular flexibility index (Phi) is 3.63. The highest BCUT2D eigenvalue weighted by molar-refractivity contribution is 7.10. The first kappa shape index (κ1) is 15.0. The summed E-state index contributed by atoms with van der Waals surface area (Å²) in [6.45, 7) is 0. The van der Waals surface area contributed by atoms with Crippen molar-refractivity contribution in [3.63, 3.8) is 0 Å². The second kappa shape index (κ2) is 5.82. The van der Waals surface area contributed by atoms with E-state index >= 15 is 0 Å². The Morgan fingerprint density at radius 2 is 1.92 bits per heavy atom. The number of nitriles is 2. The number of nitrogens with zero attached hydrogens (tertiary/aromatic N) is 2. The van der Waals surface area contributed by atoms with Crippen molar-refractivity contribution in [3.05, 3.63) is 51.9 Å². The molecule has 0 amide bonds. The number of rotatable bonds is 1. The molecule has 0 atom stereocenters. The first-order chi connectivity index (χ1) is 11.8. The zero-order valence-electron chi connectivity index (χ0n) is 13.3. The molecule has 4 heteroatoms. The predicted molar refractivity (Wildman–Crippen MR) is 96.6 cm³/mol. The van der Waals surface area contributed by atoms with Crippen LogP contribution < -0.4 is 5.32 Å². The quantitative estimate of drug-likeness (QED) is 0.719. The fourth-order valence-electron chi connectivity index (χ4n) is 4.12. The van der Waals surface area contributed by atoms with Crippen LogP contribution in [0.3, 0.4) is 0 Å². The van der Waals surface area contributed by atoms with Gasteiger partial charge in [0.2, 0.25) is 0 Å². The summed E-state index contributed by atoms with van der Waals surface area (Å²) >= 11 is 1.48. The van der Waals surface area contributed by atoms with Crippen LogP contribution in [0.1, 0.15) is 42.5 Å². The van der Waals surface area contributed by atoms with E-state index in [4.69, 9.17) is 5.26 Å². The van der Waals surface area contributed by atoms with Gasteiger partial charge in [-0.25, -0.2) is 0 Å². The summed E-state index contributed by atoms with van der Waals surface area (Å²) in [4.78, 5) is 0.737. The number of thiophene rings is 1. The van der Waals surface area contributed by atoms with Crippen LogP contribution in [0.5, 0.6) is 0 Å². The molecule has 1 spiro atoms. The fraction of sp³-hybridized carbons (Fsp3) is 0.300. The second-order valence-corrected chi connectivity index (χ2v) is 7.44. The number of hydrogen-bond acceptors (Lipinski definition) is 4. The van der Waals surface area contributed by atoms with Crippen molar-refractivity contribution < 1.29 is 0 Å². The van der Waals surface area contributed by atoms with Crippen molar-refractivity contribution in [2.75, 3.05) is 5.32 Å². The molecular formula is C20H17N3S. The molecule has 1 aliphatic heterocycles. The van der Waals surface area contributed by atoms with Gasteiger partial charge in [0.1, 0.15) is 10.9 Å². The molecule has 3 nitrogen and oxygen atoms in total. The third-order valence-corrected chi connectivity index (χ3v) is 6.11. The third-order valence-electron chi connectivity index (χ3n) is 5.28. The van der Waals surface area contributed by atoms with Gasteiger partial charge in [-0.2, -0.15) is 10.5 Å². The van der Waals surface area contributed by atoms with Gasteiger partial charge in [-0.05, 0) is 53.1 Å². The van der Waals surface area contributed by atoms with Crippen LogP contribution in [-0.4, -0.2) is 0 Å². The molecule has 0 bridgehead atoms. The lowest BCUT2D eigenvalue weighted by atomic mass is 9.68. The topological polar surface area (TPSA) is 59.6 Å². The van der Waals surface area contributed by atoms with Crippen LogP contribution in [0.25, 0.3) is 11.1 Å². The number of anilines is 1. The third kappa shape index (κ3) is 2.23. The van der Waals surface area contributed by atoms with Gasteiger partial charge in [-0.3, -0.25) is 0 Å². The van der Waals surface area contributed by atoms with Crippen LogP contribution in [0, 0.1) is 22.7 Å². The van der Waals surface area contributed by atoms with E-state index in [1.807, 2.05) is 11.4 Å². The van der Waals surface area contributed by atoms with E-state index in [0.717, 1.165) is 40.2 Å². The van der Waals surface area contributed by atoms with Gasteiger partial charge in [0.15, 0.2) is 0 Å². The molecule has 24 heavy (non-hydrogen) atoms. The van der Waals surface area contributed by atoms with Crippen LogP contribution in [0.15, 0.2) is 41.4 Å². The Bertz CT molecular complexity index is 902. The summed E-state index contributed by atoms with van der Waals surface area (Å²) in [5.74, 6) is 0. The monoisotopic (exact) mass is 331 g/mol. The van der Waals surface area contributed by atoms with Crippen LogP contribution in [0.2, 0.25) is 0 Å². The lowest BCUT2D eigenvalue weighted by Crippen LogP contribution is -2.29. The van der Waals surface area contributed by atoms with Gasteiger partial charge < -0.3 is 5.32 Å². The molecule has 1 aromatic heterocycles. The van der Waals surface area contributed by atoms with Crippen molar-refractivity contribution in [1.82, 2.24) is 0 Å². The fourth-order valence-corrected chi connectivity index (χ4v) is 4.82. The summed E-state index contributed by atoms with van der Waals surface area (Å²) in [7, 11) is 0. The van der Waals surface area contributed by atoms with Crippen LogP contribution in [0.4, 0.5) is 5.69 Å². The molecular weight excluding hydrogens is 314 g/mol. The number of fused-ring (bicyclic) bond motifs is 2. The van der Waals surface area contributed by atoms with E-state index < -0.39 is 0 Å². The zero-order valence-corrected chi connectivity index (χ0v) is 14.1. The minimum Gasteiger partial charge on any atom is -0.357 e. The molecule has 0 unspecified atom stereocenters. The smallest absolute Gasteiger partial charge is 0.110 e. The molecule has 0 radical (unpaired) electrons. The maximum atomic E-state index is 9.19. The van der Waals surface area contributed by atoms with Crippen molar-refractivity contribution >= 4 is 17.0 Å². The molecule has 2 aliphatic rings. The molecule has 2 heterocycles. The molecule has 1 fully saturated rings. The largest absolute Gasteiger partial charge is 0.357 e. The van der Waals surface area contributed by atoms with Crippen LogP contribution >= 0.6 is 11.3 Å². The van der Waals surface area contributed by atoms with Gasteiger partial charge in [0, 0.05) is 22.9 Å². The molecule has 1 aliphatic carbocycles. The van der Waals surface area contributed by atoms with Gasteiger partial charge in [-0.1, -0.05) is 25.3 Å². The van der Waals surface area contributed by atoms with Crippen LogP contribution in [-0.2, 0) is 5.41 Å². The SMILES string of the molecule is N#C/C=C1\Nc2ccc(-c3csc(C#N)c3)cc2C12CCCCC2. The van der Waals surface area contributed by atoms with Crippen molar-refractivity contribution in [2.24, 2.45) is 0 Å². The Morgan fingerprint density at radius 3 is 2.62 bits per heavy atom. The van der Waals surface area contributed by atoms with Gasteiger partial charge >= 0.3 is 0 Å². The standard InChI is InChI=1S/C20H17N3S/c21-9-6-19-20(7-2-1-3-8-20)17-11-14(4-5-18(17)23-19)15-10-16(12-22)24-13-15/h4-6,10-11,13,23H,1-3,7-8H2/b19-6-. The molecule has 118 valence electrons. The minimum absolute atomic E-state index is 0.0343. The van der Waals surface area contributed by atoms with E-state index in [9.17, 15) is 5.26 Å². The zero-order chi connectivity index (χ0) is 16.6. The molecule has 4 rings (SSSR count). The summed E-state index contributed by atoms with van der Waals surface area (Å²) in [6, 6.07) is 12.8. The molecule has 1 N–H and O–H groups in total. The van der Waals surface area contributed by atoms with E-state index in [-0.39, 0.29) is 5.41 Å². The lowest BCUT2D eigenvalue weighted by molar-refractivity contribution is 0.350. The number of benzene rings is 1. The Morgan fingerprint density at radius 1 is 1.08 bits per heavy atom. The maximum Gasteiger partial charge on any atom is 0.110 e. The Hall–Kier alpha value is -2.56. The number of nitrogens with one attached hydrogen (secondary N) is 1.